The highest BCUT2D eigenvalue weighted by molar-refractivity contribution is 7.10. The van der Waals surface area contributed by atoms with Crippen LogP contribution in [-0.4, -0.2) is 21.0 Å². The van der Waals surface area contributed by atoms with Crippen LogP contribution in [0.1, 0.15) is 16.8 Å². The van der Waals surface area contributed by atoms with Gasteiger partial charge in [0.2, 0.25) is 0 Å². The van der Waals surface area contributed by atoms with Crippen molar-refractivity contribution < 1.29 is 0 Å². The predicted octanol–water partition coefficient (Wildman–Crippen LogP) is 4.06. The molecule has 2 aromatic rings. The SMILES string of the molecule is Clc1cc(Cl)c2c(c1)CCN(Cc1nnsc1Cl)C2. The fraction of sp³-hybridized carbons (Fsp3) is 0.333. The topological polar surface area (TPSA) is 29.0 Å². The van der Waals surface area contributed by atoms with Crippen molar-refractivity contribution in [3.8, 4) is 0 Å². The summed E-state index contributed by atoms with van der Waals surface area (Å²) in [6.45, 7) is 2.43. The molecule has 0 saturated carbocycles. The largest absolute Gasteiger partial charge is 0.293 e. The van der Waals surface area contributed by atoms with Gasteiger partial charge in [-0.05, 0) is 29.7 Å². The second kappa shape index (κ2) is 5.54. The maximum Gasteiger partial charge on any atom is 0.138 e. The second-order valence-electron chi connectivity index (χ2n) is 4.48. The summed E-state index contributed by atoms with van der Waals surface area (Å²) >= 11 is 19.5. The first-order valence-corrected chi connectivity index (χ1v) is 7.70. The molecule has 3 nitrogen and oxygen atoms in total. The van der Waals surface area contributed by atoms with Crippen molar-refractivity contribution in [1.29, 1.82) is 0 Å². The smallest absolute Gasteiger partial charge is 0.138 e. The maximum absolute atomic E-state index is 6.26. The summed E-state index contributed by atoms with van der Waals surface area (Å²) in [5.74, 6) is 0. The van der Waals surface area contributed by atoms with Gasteiger partial charge >= 0.3 is 0 Å². The van der Waals surface area contributed by atoms with E-state index in [4.69, 9.17) is 34.8 Å². The molecule has 0 unspecified atom stereocenters. The number of fused-ring (bicyclic) bond motifs is 1. The van der Waals surface area contributed by atoms with Gasteiger partial charge in [-0.1, -0.05) is 39.3 Å². The quantitative estimate of drug-likeness (QED) is 0.829. The zero-order chi connectivity index (χ0) is 13.4. The van der Waals surface area contributed by atoms with Gasteiger partial charge < -0.3 is 0 Å². The molecule has 19 heavy (non-hydrogen) atoms. The van der Waals surface area contributed by atoms with E-state index in [9.17, 15) is 0 Å². The molecule has 0 spiro atoms. The average molecular weight is 335 g/mol. The Morgan fingerprint density at radius 3 is 2.84 bits per heavy atom. The lowest BCUT2D eigenvalue weighted by Gasteiger charge is -2.28. The van der Waals surface area contributed by atoms with Gasteiger partial charge in [-0.2, -0.15) is 0 Å². The summed E-state index contributed by atoms with van der Waals surface area (Å²) in [5.41, 5.74) is 3.22. The molecular formula is C12H10Cl3N3S. The minimum absolute atomic E-state index is 0.660. The molecule has 0 aliphatic carbocycles. The van der Waals surface area contributed by atoms with Crippen LogP contribution in [0.25, 0.3) is 0 Å². The Bertz CT molecular complexity index is 614. The maximum atomic E-state index is 6.26. The third-order valence-electron chi connectivity index (χ3n) is 3.21. The number of hydrogen-bond acceptors (Lipinski definition) is 4. The first-order chi connectivity index (χ1) is 9.13. The average Bonchev–Trinajstić information content (AvgIpc) is 2.76. The van der Waals surface area contributed by atoms with Crippen LogP contribution in [0.4, 0.5) is 0 Å². The zero-order valence-electron chi connectivity index (χ0n) is 9.87. The van der Waals surface area contributed by atoms with Gasteiger partial charge in [-0.25, -0.2) is 0 Å². The summed E-state index contributed by atoms with van der Waals surface area (Å²) in [4.78, 5) is 2.27. The molecule has 7 heteroatoms. The molecule has 1 aromatic heterocycles. The fourth-order valence-corrected chi connectivity index (χ4v) is 3.48. The van der Waals surface area contributed by atoms with Crippen LogP contribution >= 0.6 is 46.3 Å². The lowest BCUT2D eigenvalue weighted by Crippen LogP contribution is -2.30. The van der Waals surface area contributed by atoms with Crippen molar-refractivity contribution in [2.75, 3.05) is 6.54 Å². The van der Waals surface area contributed by atoms with Crippen molar-refractivity contribution in [1.82, 2.24) is 14.5 Å². The molecule has 1 aromatic carbocycles. The Morgan fingerprint density at radius 2 is 2.11 bits per heavy atom. The lowest BCUT2D eigenvalue weighted by molar-refractivity contribution is 0.243. The van der Waals surface area contributed by atoms with Gasteiger partial charge in [0.1, 0.15) is 10.0 Å². The first-order valence-electron chi connectivity index (χ1n) is 5.79. The number of rotatable bonds is 2. The summed E-state index contributed by atoms with van der Waals surface area (Å²) in [6.07, 6.45) is 0.935. The molecule has 100 valence electrons. The van der Waals surface area contributed by atoms with Crippen LogP contribution in [0.15, 0.2) is 12.1 Å². The van der Waals surface area contributed by atoms with Crippen LogP contribution in [-0.2, 0) is 19.5 Å². The predicted molar refractivity (Wildman–Crippen MR) is 79.2 cm³/mol. The van der Waals surface area contributed by atoms with E-state index >= 15 is 0 Å². The number of aromatic nitrogens is 2. The van der Waals surface area contributed by atoms with E-state index in [1.165, 1.54) is 17.1 Å². The second-order valence-corrected chi connectivity index (χ2v) is 6.68. The van der Waals surface area contributed by atoms with E-state index in [1.807, 2.05) is 6.07 Å². The van der Waals surface area contributed by atoms with Crippen LogP contribution in [0.3, 0.4) is 0 Å². The van der Waals surface area contributed by atoms with Crippen molar-refractivity contribution in [3.05, 3.63) is 43.3 Å². The van der Waals surface area contributed by atoms with Crippen LogP contribution < -0.4 is 0 Å². The highest BCUT2D eigenvalue weighted by atomic mass is 35.5. The normalized spacial score (nSPS) is 15.5. The van der Waals surface area contributed by atoms with Crippen LogP contribution in [0.2, 0.25) is 14.4 Å². The van der Waals surface area contributed by atoms with Gasteiger partial charge in [-0.15, -0.1) is 5.10 Å². The van der Waals surface area contributed by atoms with Crippen LogP contribution in [0, 0.1) is 0 Å². The van der Waals surface area contributed by atoms with Gasteiger partial charge in [0.25, 0.3) is 0 Å². The number of benzene rings is 1. The Morgan fingerprint density at radius 1 is 1.26 bits per heavy atom. The third-order valence-corrected chi connectivity index (χ3v) is 4.75. The van der Waals surface area contributed by atoms with E-state index in [-0.39, 0.29) is 0 Å². The van der Waals surface area contributed by atoms with E-state index in [2.05, 4.69) is 14.5 Å². The minimum Gasteiger partial charge on any atom is -0.293 e. The molecule has 3 rings (SSSR count). The van der Waals surface area contributed by atoms with Crippen molar-refractivity contribution >= 4 is 46.3 Å². The van der Waals surface area contributed by atoms with Crippen molar-refractivity contribution in [3.63, 3.8) is 0 Å². The molecule has 0 fully saturated rings. The highest BCUT2D eigenvalue weighted by Crippen LogP contribution is 2.31. The Hall–Kier alpha value is -0.390. The van der Waals surface area contributed by atoms with E-state index < -0.39 is 0 Å². The van der Waals surface area contributed by atoms with Gasteiger partial charge in [-0.3, -0.25) is 4.90 Å². The molecule has 1 aliphatic rings. The lowest BCUT2D eigenvalue weighted by atomic mass is 9.99. The molecule has 0 radical (unpaired) electrons. The monoisotopic (exact) mass is 333 g/mol. The minimum atomic E-state index is 0.660. The van der Waals surface area contributed by atoms with E-state index in [1.54, 1.807) is 6.07 Å². The number of nitrogens with zero attached hydrogens (tertiary/aromatic N) is 3. The van der Waals surface area contributed by atoms with E-state index in [0.29, 0.717) is 15.9 Å². The van der Waals surface area contributed by atoms with Crippen LogP contribution in [0.5, 0.6) is 0 Å². The molecule has 0 N–H and O–H groups in total. The Kier molecular flexibility index (Phi) is 3.96. The first kappa shape index (κ1) is 13.6. The van der Waals surface area contributed by atoms with Gasteiger partial charge in [0.15, 0.2) is 0 Å². The Balaban J connectivity index is 1.81. The fourth-order valence-electron chi connectivity index (χ4n) is 2.28. The van der Waals surface area contributed by atoms with Gasteiger partial charge in [0, 0.05) is 41.2 Å². The standard InChI is InChI=1S/C12H10Cl3N3S/c13-8-3-7-1-2-18(5-9(7)10(14)4-8)6-11-12(15)19-17-16-11/h3-4H,1-2,5-6H2. The van der Waals surface area contributed by atoms with Crippen molar-refractivity contribution in [2.45, 2.75) is 19.5 Å². The molecular weight excluding hydrogens is 325 g/mol. The molecule has 1 aliphatic heterocycles. The summed E-state index contributed by atoms with van der Waals surface area (Å²) in [7, 11) is 0. The summed E-state index contributed by atoms with van der Waals surface area (Å²) in [6, 6.07) is 3.79. The van der Waals surface area contributed by atoms with E-state index in [0.717, 1.165) is 35.8 Å². The Labute approximate surface area is 130 Å². The molecule has 0 atom stereocenters. The number of halogens is 3. The summed E-state index contributed by atoms with van der Waals surface area (Å²) < 4.78 is 4.51. The molecule has 0 bridgehead atoms. The summed E-state index contributed by atoms with van der Waals surface area (Å²) in [5, 5.41) is 5.47. The zero-order valence-corrected chi connectivity index (χ0v) is 13.0. The highest BCUT2D eigenvalue weighted by Gasteiger charge is 2.21. The van der Waals surface area contributed by atoms with Crippen molar-refractivity contribution in [2.24, 2.45) is 0 Å². The number of hydrogen-bond donors (Lipinski definition) is 0. The van der Waals surface area contributed by atoms with Gasteiger partial charge in [0.05, 0.1) is 0 Å². The molecule has 2 heterocycles. The molecule has 0 saturated heterocycles. The third kappa shape index (κ3) is 2.88. The molecule has 0 amide bonds.